The van der Waals surface area contributed by atoms with E-state index < -0.39 is 0 Å². The van der Waals surface area contributed by atoms with E-state index in [2.05, 4.69) is 15.1 Å². The number of hydrogen-bond donors (Lipinski definition) is 0. The summed E-state index contributed by atoms with van der Waals surface area (Å²) in [5.74, 6) is 1.01. The molecule has 1 aromatic carbocycles. The highest BCUT2D eigenvalue weighted by molar-refractivity contribution is 6.30. The van der Waals surface area contributed by atoms with Crippen molar-refractivity contribution in [2.45, 2.75) is 6.42 Å². The molecule has 3 rings (SSSR count). The van der Waals surface area contributed by atoms with Crippen LogP contribution in [-0.4, -0.2) is 61.3 Å². The summed E-state index contributed by atoms with van der Waals surface area (Å²) >= 11 is 5.89. The fourth-order valence-corrected chi connectivity index (χ4v) is 2.94. The minimum atomic E-state index is 0.148. The summed E-state index contributed by atoms with van der Waals surface area (Å²) in [5.41, 5.74) is 2.01. The molecule has 6 nitrogen and oxygen atoms in total. The Balaban J connectivity index is 1.57. The molecule has 0 aliphatic carbocycles. The molecule has 1 aliphatic heterocycles. The highest BCUT2D eigenvalue weighted by Gasteiger charge is 2.22. The third kappa shape index (κ3) is 4.39. The van der Waals surface area contributed by atoms with E-state index >= 15 is 0 Å². The largest absolute Gasteiger partial charge is 0.376 e. The summed E-state index contributed by atoms with van der Waals surface area (Å²) in [7, 11) is 3.96. The van der Waals surface area contributed by atoms with E-state index in [0.717, 1.165) is 30.2 Å². The van der Waals surface area contributed by atoms with Gasteiger partial charge < -0.3 is 14.7 Å². The molecular formula is C18H22ClN5O. The van der Waals surface area contributed by atoms with Crippen LogP contribution in [0.4, 0.5) is 11.5 Å². The van der Waals surface area contributed by atoms with Crippen molar-refractivity contribution in [3.8, 4) is 0 Å². The molecule has 0 bridgehead atoms. The van der Waals surface area contributed by atoms with Gasteiger partial charge in [0.25, 0.3) is 0 Å². The second-order valence-corrected chi connectivity index (χ2v) is 6.77. The SMILES string of the molecule is CN(C)c1cnnc(N2CCN(C(=O)Cc3ccc(Cl)cc3)CC2)c1. The number of piperazine rings is 1. The molecule has 2 aromatic rings. The Morgan fingerprint density at radius 1 is 1.16 bits per heavy atom. The van der Waals surface area contributed by atoms with Crippen molar-refractivity contribution in [3.63, 3.8) is 0 Å². The number of anilines is 2. The van der Waals surface area contributed by atoms with Crippen molar-refractivity contribution in [2.75, 3.05) is 50.1 Å². The first-order valence-corrected chi connectivity index (χ1v) is 8.68. The number of carbonyl (C=O) groups is 1. The smallest absolute Gasteiger partial charge is 0.227 e. The van der Waals surface area contributed by atoms with Crippen LogP contribution in [0.3, 0.4) is 0 Å². The van der Waals surface area contributed by atoms with Crippen molar-refractivity contribution >= 4 is 29.0 Å². The molecule has 0 atom stereocenters. The Labute approximate surface area is 153 Å². The van der Waals surface area contributed by atoms with Gasteiger partial charge in [-0.3, -0.25) is 4.79 Å². The Bertz CT molecular complexity index is 727. The minimum absolute atomic E-state index is 0.148. The fraction of sp³-hybridized carbons (Fsp3) is 0.389. The van der Waals surface area contributed by atoms with Gasteiger partial charge in [-0.2, -0.15) is 5.10 Å². The lowest BCUT2D eigenvalue weighted by Gasteiger charge is -2.35. The Hall–Kier alpha value is -2.34. The van der Waals surface area contributed by atoms with E-state index in [9.17, 15) is 4.79 Å². The summed E-state index contributed by atoms with van der Waals surface area (Å²) in [5, 5.41) is 8.98. The Morgan fingerprint density at radius 3 is 2.48 bits per heavy atom. The normalized spacial score (nSPS) is 14.5. The van der Waals surface area contributed by atoms with Gasteiger partial charge in [0.2, 0.25) is 5.91 Å². The molecule has 0 N–H and O–H groups in total. The van der Waals surface area contributed by atoms with Gasteiger partial charge in [0.1, 0.15) is 0 Å². The lowest BCUT2D eigenvalue weighted by atomic mass is 10.1. The summed E-state index contributed by atoms with van der Waals surface area (Å²) in [4.78, 5) is 18.6. The van der Waals surface area contributed by atoms with E-state index in [-0.39, 0.29) is 5.91 Å². The monoisotopic (exact) mass is 359 g/mol. The zero-order valence-electron chi connectivity index (χ0n) is 14.5. The maximum absolute atomic E-state index is 12.5. The molecule has 2 heterocycles. The van der Waals surface area contributed by atoms with Crippen LogP contribution in [0.2, 0.25) is 5.02 Å². The van der Waals surface area contributed by atoms with Gasteiger partial charge in [0.15, 0.2) is 5.82 Å². The molecule has 132 valence electrons. The predicted molar refractivity (Wildman–Crippen MR) is 100 cm³/mol. The molecule has 0 unspecified atom stereocenters. The van der Waals surface area contributed by atoms with Gasteiger partial charge >= 0.3 is 0 Å². The minimum Gasteiger partial charge on any atom is -0.376 e. The maximum atomic E-state index is 12.5. The third-order valence-electron chi connectivity index (χ3n) is 4.37. The first kappa shape index (κ1) is 17.5. The van der Waals surface area contributed by atoms with Crippen molar-refractivity contribution in [2.24, 2.45) is 0 Å². The number of rotatable bonds is 4. The first-order valence-electron chi connectivity index (χ1n) is 8.30. The summed E-state index contributed by atoms with van der Waals surface area (Å²) in [6.07, 6.45) is 2.16. The number of hydrogen-bond acceptors (Lipinski definition) is 5. The predicted octanol–water partition coefficient (Wildman–Crippen LogP) is 2.09. The van der Waals surface area contributed by atoms with Gasteiger partial charge in [0, 0.05) is 51.4 Å². The van der Waals surface area contributed by atoms with E-state index in [1.807, 2.05) is 54.2 Å². The maximum Gasteiger partial charge on any atom is 0.227 e. The highest BCUT2D eigenvalue weighted by atomic mass is 35.5. The second-order valence-electron chi connectivity index (χ2n) is 6.34. The molecule has 1 aliphatic rings. The molecule has 0 radical (unpaired) electrons. The molecule has 1 saturated heterocycles. The van der Waals surface area contributed by atoms with Crippen LogP contribution in [0, 0.1) is 0 Å². The van der Waals surface area contributed by atoms with Gasteiger partial charge in [-0.05, 0) is 17.7 Å². The molecule has 0 saturated carbocycles. The molecule has 7 heteroatoms. The lowest BCUT2D eigenvalue weighted by molar-refractivity contribution is -0.130. The quantitative estimate of drug-likeness (QED) is 0.836. The second kappa shape index (κ2) is 7.70. The zero-order chi connectivity index (χ0) is 17.8. The van der Waals surface area contributed by atoms with Gasteiger partial charge in [-0.15, -0.1) is 5.10 Å². The van der Waals surface area contributed by atoms with Crippen LogP contribution in [0.25, 0.3) is 0 Å². The average Bonchev–Trinajstić information content (AvgIpc) is 2.64. The van der Waals surface area contributed by atoms with Crippen LogP contribution < -0.4 is 9.80 Å². The highest BCUT2D eigenvalue weighted by Crippen LogP contribution is 2.19. The Morgan fingerprint density at radius 2 is 1.84 bits per heavy atom. The number of halogens is 1. The summed E-state index contributed by atoms with van der Waals surface area (Å²) in [6, 6.07) is 9.47. The van der Waals surface area contributed by atoms with Crippen LogP contribution in [0.15, 0.2) is 36.5 Å². The number of aromatic nitrogens is 2. The van der Waals surface area contributed by atoms with Crippen LogP contribution in [-0.2, 0) is 11.2 Å². The lowest BCUT2D eigenvalue weighted by Crippen LogP contribution is -2.49. The zero-order valence-corrected chi connectivity index (χ0v) is 15.3. The molecule has 1 amide bonds. The topological polar surface area (TPSA) is 52.6 Å². The summed E-state index contributed by atoms with van der Waals surface area (Å²) in [6.45, 7) is 2.91. The van der Waals surface area contributed by atoms with Crippen molar-refractivity contribution in [1.29, 1.82) is 0 Å². The van der Waals surface area contributed by atoms with Gasteiger partial charge in [-0.1, -0.05) is 23.7 Å². The number of carbonyl (C=O) groups excluding carboxylic acids is 1. The van der Waals surface area contributed by atoms with Crippen molar-refractivity contribution in [3.05, 3.63) is 47.1 Å². The third-order valence-corrected chi connectivity index (χ3v) is 4.62. The number of nitrogens with zero attached hydrogens (tertiary/aromatic N) is 5. The summed E-state index contributed by atoms with van der Waals surface area (Å²) < 4.78 is 0. The average molecular weight is 360 g/mol. The molecular weight excluding hydrogens is 338 g/mol. The number of amides is 1. The van der Waals surface area contributed by atoms with Gasteiger partial charge in [0.05, 0.1) is 18.3 Å². The van der Waals surface area contributed by atoms with E-state index in [4.69, 9.17) is 11.6 Å². The van der Waals surface area contributed by atoms with Crippen LogP contribution in [0.5, 0.6) is 0 Å². The molecule has 1 aromatic heterocycles. The molecule has 0 spiro atoms. The van der Waals surface area contributed by atoms with Crippen LogP contribution >= 0.6 is 11.6 Å². The van der Waals surface area contributed by atoms with E-state index in [0.29, 0.717) is 24.5 Å². The van der Waals surface area contributed by atoms with Crippen molar-refractivity contribution in [1.82, 2.24) is 15.1 Å². The first-order chi connectivity index (χ1) is 12.0. The molecule has 25 heavy (non-hydrogen) atoms. The van der Waals surface area contributed by atoms with Gasteiger partial charge in [-0.25, -0.2) is 0 Å². The fourth-order valence-electron chi connectivity index (χ4n) is 2.82. The Kier molecular flexibility index (Phi) is 5.38. The standard InChI is InChI=1S/C18H22ClN5O/c1-22(2)16-12-17(21-20-13-16)23-7-9-24(10-8-23)18(25)11-14-3-5-15(19)6-4-14/h3-6,12-13H,7-11H2,1-2H3. The molecule has 1 fully saturated rings. The van der Waals surface area contributed by atoms with Crippen LogP contribution in [0.1, 0.15) is 5.56 Å². The van der Waals surface area contributed by atoms with E-state index in [1.165, 1.54) is 0 Å². The van der Waals surface area contributed by atoms with E-state index in [1.54, 1.807) is 6.20 Å². The van der Waals surface area contributed by atoms with Crippen molar-refractivity contribution < 1.29 is 4.79 Å². The number of benzene rings is 1.